The Morgan fingerprint density at radius 2 is 1.71 bits per heavy atom. The van der Waals surface area contributed by atoms with Gasteiger partial charge in [-0.1, -0.05) is 54.6 Å². The van der Waals surface area contributed by atoms with Crippen molar-refractivity contribution in [1.29, 1.82) is 0 Å². The summed E-state index contributed by atoms with van der Waals surface area (Å²) in [4.78, 5) is 24.5. The number of nitrogens with two attached hydrogens (primary N) is 1. The molecule has 5 heteroatoms. The topological polar surface area (TPSA) is 72.0 Å². The summed E-state index contributed by atoms with van der Waals surface area (Å²) in [6, 6.07) is 21.5. The molecule has 0 aliphatic carbocycles. The van der Waals surface area contributed by atoms with Gasteiger partial charge in [-0.3, -0.25) is 4.79 Å². The fourth-order valence-electron chi connectivity index (χ4n) is 3.24. The Labute approximate surface area is 164 Å². The van der Waals surface area contributed by atoms with E-state index in [0.29, 0.717) is 11.3 Å². The molecule has 3 aromatic rings. The van der Waals surface area contributed by atoms with Crippen LogP contribution in [0.5, 0.6) is 0 Å². The minimum absolute atomic E-state index is 0.122. The van der Waals surface area contributed by atoms with Crippen LogP contribution in [0.1, 0.15) is 35.8 Å². The van der Waals surface area contributed by atoms with E-state index in [2.05, 4.69) is 36.5 Å². The first-order chi connectivity index (χ1) is 13.6. The number of benzene rings is 3. The molecule has 5 nitrogen and oxygen atoms in total. The Kier molecular flexibility index (Phi) is 6.40. The average molecular weight is 377 g/mol. The van der Waals surface area contributed by atoms with E-state index in [1.807, 2.05) is 23.5 Å². The molecule has 1 atom stereocenters. The zero-order valence-corrected chi connectivity index (χ0v) is 16.1. The Bertz CT molecular complexity index is 979. The number of para-hydroxylation sites is 1. The second-order valence-electron chi connectivity index (χ2n) is 6.61. The number of carbonyl (C=O) groups excluding carboxylic acids is 2. The zero-order chi connectivity index (χ0) is 19.9. The van der Waals surface area contributed by atoms with Crippen LogP contribution in [0, 0.1) is 0 Å². The van der Waals surface area contributed by atoms with Crippen LogP contribution in [-0.4, -0.2) is 25.0 Å². The van der Waals surface area contributed by atoms with Gasteiger partial charge in [-0.15, -0.1) is 0 Å². The van der Waals surface area contributed by atoms with Crippen LogP contribution in [0.4, 0.5) is 5.69 Å². The molecule has 28 heavy (non-hydrogen) atoms. The van der Waals surface area contributed by atoms with Gasteiger partial charge in [0.25, 0.3) is 5.91 Å². The summed E-state index contributed by atoms with van der Waals surface area (Å²) < 4.78 is 5.05. The van der Waals surface area contributed by atoms with E-state index in [1.165, 1.54) is 16.3 Å². The van der Waals surface area contributed by atoms with Crippen LogP contribution in [0.2, 0.25) is 0 Å². The maximum Gasteiger partial charge on any atom is 0.340 e. The van der Waals surface area contributed by atoms with E-state index in [4.69, 9.17) is 4.74 Å². The molecule has 0 aliphatic rings. The molecule has 144 valence electrons. The smallest absolute Gasteiger partial charge is 0.340 e. The second-order valence-corrected chi connectivity index (χ2v) is 6.61. The highest BCUT2D eigenvalue weighted by Gasteiger charge is 2.17. The number of esters is 1. The van der Waals surface area contributed by atoms with Crippen molar-refractivity contribution in [3.8, 4) is 0 Å². The van der Waals surface area contributed by atoms with Crippen molar-refractivity contribution in [3.05, 3.63) is 77.9 Å². The molecule has 0 heterocycles. The molecule has 1 amide bonds. The fourth-order valence-corrected chi connectivity index (χ4v) is 3.24. The lowest BCUT2D eigenvalue weighted by molar-refractivity contribution is -0.682. The van der Waals surface area contributed by atoms with Crippen LogP contribution in [0.25, 0.3) is 10.8 Å². The first-order valence-electron chi connectivity index (χ1n) is 9.47. The summed E-state index contributed by atoms with van der Waals surface area (Å²) in [5, 5.41) is 7.20. The van der Waals surface area contributed by atoms with Gasteiger partial charge in [0.15, 0.2) is 6.54 Å². The van der Waals surface area contributed by atoms with Gasteiger partial charge in [0, 0.05) is 5.56 Å². The highest BCUT2D eigenvalue weighted by Crippen LogP contribution is 2.22. The third-order valence-corrected chi connectivity index (χ3v) is 4.67. The molecule has 0 aromatic heterocycles. The van der Waals surface area contributed by atoms with E-state index in [-0.39, 0.29) is 25.1 Å². The summed E-state index contributed by atoms with van der Waals surface area (Å²) in [7, 11) is 0. The number of quaternary nitrogens is 1. The van der Waals surface area contributed by atoms with Crippen molar-refractivity contribution in [1.82, 2.24) is 0 Å². The van der Waals surface area contributed by atoms with Gasteiger partial charge in [-0.2, -0.15) is 0 Å². The number of fused-ring (bicyclic) bond motifs is 1. The van der Waals surface area contributed by atoms with Crippen molar-refractivity contribution in [2.24, 2.45) is 0 Å². The Morgan fingerprint density at radius 3 is 2.54 bits per heavy atom. The van der Waals surface area contributed by atoms with Crippen molar-refractivity contribution in [2.45, 2.75) is 19.9 Å². The molecule has 0 bridgehead atoms. The molecule has 3 aromatic carbocycles. The number of rotatable bonds is 7. The highest BCUT2D eigenvalue weighted by molar-refractivity contribution is 6.01. The zero-order valence-electron chi connectivity index (χ0n) is 16.1. The minimum atomic E-state index is -0.438. The second kappa shape index (κ2) is 9.15. The monoisotopic (exact) mass is 377 g/mol. The van der Waals surface area contributed by atoms with Crippen LogP contribution >= 0.6 is 0 Å². The lowest BCUT2D eigenvalue weighted by Crippen LogP contribution is -2.86. The van der Waals surface area contributed by atoms with Gasteiger partial charge in [-0.05, 0) is 36.8 Å². The summed E-state index contributed by atoms with van der Waals surface area (Å²) in [6.07, 6.45) is 0. The van der Waals surface area contributed by atoms with Crippen LogP contribution in [0.3, 0.4) is 0 Å². The number of anilines is 1. The van der Waals surface area contributed by atoms with Gasteiger partial charge in [0.2, 0.25) is 0 Å². The molecule has 0 fully saturated rings. The predicted octanol–water partition coefficient (Wildman–Crippen LogP) is 3.28. The summed E-state index contributed by atoms with van der Waals surface area (Å²) >= 11 is 0. The summed E-state index contributed by atoms with van der Waals surface area (Å²) in [6.45, 7) is 4.38. The number of hydrogen-bond acceptors (Lipinski definition) is 3. The number of hydrogen-bond donors (Lipinski definition) is 2. The average Bonchev–Trinajstić information content (AvgIpc) is 2.72. The van der Waals surface area contributed by atoms with Gasteiger partial charge in [-0.25, -0.2) is 4.79 Å². The Morgan fingerprint density at radius 1 is 1.00 bits per heavy atom. The van der Waals surface area contributed by atoms with E-state index in [1.54, 1.807) is 31.2 Å². The maximum atomic E-state index is 12.5. The fraction of sp³-hybridized carbons (Fsp3) is 0.217. The lowest BCUT2D eigenvalue weighted by atomic mass is 10.00. The van der Waals surface area contributed by atoms with E-state index in [0.717, 1.165) is 0 Å². The highest BCUT2D eigenvalue weighted by atomic mass is 16.5. The van der Waals surface area contributed by atoms with E-state index >= 15 is 0 Å². The standard InChI is InChI=1S/C23H24N2O3/c1-3-28-23(27)20-12-6-7-14-21(20)25-22(26)15-24-16(2)18-13-8-10-17-9-4-5-11-19(17)18/h4-14,16,24H,3,15H2,1-2H3,(H,25,26)/p+1/t16-/m0/s1. The third-order valence-electron chi connectivity index (χ3n) is 4.67. The first-order valence-corrected chi connectivity index (χ1v) is 9.47. The number of amides is 1. The van der Waals surface area contributed by atoms with Crippen molar-refractivity contribution < 1.29 is 19.6 Å². The molecular formula is C23H25N2O3+. The van der Waals surface area contributed by atoms with E-state index in [9.17, 15) is 9.59 Å². The summed E-state index contributed by atoms with van der Waals surface area (Å²) in [5.74, 6) is -0.602. The molecule has 0 saturated carbocycles. The van der Waals surface area contributed by atoms with E-state index < -0.39 is 5.97 Å². The minimum Gasteiger partial charge on any atom is -0.462 e. The maximum absolute atomic E-state index is 12.5. The van der Waals surface area contributed by atoms with Gasteiger partial charge in [0.1, 0.15) is 6.04 Å². The number of nitrogens with one attached hydrogen (secondary N) is 1. The Balaban J connectivity index is 1.65. The quantitative estimate of drug-likeness (QED) is 0.621. The van der Waals surface area contributed by atoms with Gasteiger partial charge in [0.05, 0.1) is 17.9 Å². The van der Waals surface area contributed by atoms with Crippen molar-refractivity contribution in [2.75, 3.05) is 18.5 Å². The van der Waals surface area contributed by atoms with Crippen molar-refractivity contribution in [3.63, 3.8) is 0 Å². The van der Waals surface area contributed by atoms with Crippen LogP contribution in [-0.2, 0) is 9.53 Å². The van der Waals surface area contributed by atoms with Crippen LogP contribution in [0.15, 0.2) is 66.7 Å². The SMILES string of the molecule is CCOC(=O)c1ccccc1NC(=O)C[NH2+][C@@H](C)c1cccc2ccccc12. The molecule has 3 rings (SSSR count). The number of ether oxygens (including phenoxy) is 1. The predicted molar refractivity (Wildman–Crippen MR) is 110 cm³/mol. The molecule has 0 saturated heterocycles. The Hall–Kier alpha value is -3.18. The molecule has 0 spiro atoms. The molecule has 0 unspecified atom stereocenters. The molecule has 0 radical (unpaired) electrons. The van der Waals surface area contributed by atoms with Gasteiger partial charge < -0.3 is 15.4 Å². The first kappa shape index (κ1) is 19.6. The molecule has 3 N–H and O–H groups in total. The van der Waals surface area contributed by atoms with Crippen LogP contribution < -0.4 is 10.6 Å². The molecule has 0 aliphatic heterocycles. The van der Waals surface area contributed by atoms with Gasteiger partial charge >= 0.3 is 5.97 Å². The normalized spacial score (nSPS) is 11.8. The molecular weight excluding hydrogens is 352 g/mol. The van der Waals surface area contributed by atoms with Crippen molar-refractivity contribution >= 4 is 28.3 Å². The largest absolute Gasteiger partial charge is 0.462 e. The number of carbonyl (C=O) groups is 2. The summed E-state index contributed by atoms with van der Waals surface area (Å²) in [5.41, 5.74) is 2.02. The lowest BCUT2D eigenvalue weighted by Gasteiger charge is -2.14. The third kappa shape index (κ3) is 4.56.